The van der Waals surface area contributed by atoms with Crippen LogP contribution < -0.4 is 35.2 Å². The highest BCUT2D eigenvalue weighted by atomic mass is 19.3. The Morgan fingerprint density at radius 2 is 1.73 bits per heavy atom. The molecule has 0 bridgehead atoms. The van der Waals surface area contributed by atoms with E-state index in [1.54, 1.807) is 46.2 Å². The van der Waals surface area contributed by atoms with E-state index < -0.39 is 24.3 Å². The lowest BCUT2D eigenvalue weighted by Gasteiger charge is -2.32. The quantitative estimate of drug-likeness (QED) is 0.180. The average Bonchev–Trinajstić information content (AvgIpc) is 3.91. The monoisotopic (exact) mass is 873 g/mol. The van der Waals surface area contributed by atoms with E-state index in [0.29, 0.717) is 93.0 Å². The minimum Gasteiger partial charge on any atom is -0.495 e. The topological polar surface area (TPSA) is 196 Å². The molecule has 4 aliphatic rings. The van der Waals surface area contributed by atoms with Crippen molar-refractivity contribution in [1.29, 1.82) is 0 Å². The lowest BCUT2D eigenvalue weighted by molar-refractivity contribution is -0.140. The van der Waals surface area contributed by atoms with Crippen LogP contribution >= 0.6 is 0 Å². The molecule has 0 spiro atoms. The number of nitrogens with one attached hydrogen (secondary N) is 3. The first kappa shape index (κ1) is 44.6. The predicted molar refractivity (Wildman–Crippen MR) is 227 cm³/mol. The molecule has 336 valence electrons. The summed E-state index contributed by atoms with van der Waals surface area (Å²) in [5.41, 5.74) is 2.31. The lowest BCUT2D eigenvalue weighted by Crippen LogP contribution is -2.48. The molecule has 6 amide bonds. The van der Waals surface area contributed by atoms with Gasteiger partial charge in [0.15, 0.2) is 5.82 Å². The van der Waals surface area contributed by atoms with E-state index in [1.165, 1.54) is 32.2 Å². The van der Waals surface area contributed by atoms with Crippen molar-refractivity contribution in [3.63, 3.8) is 0 Å². The van der Waals surface area contributed by atoms with E-state index in [0.717, 1.165) is 23.3 Å². The summed E-state index contributed by atoms with van der Waals surface area (Å²) in [4.78, 5) is 89.8. The number of amides is 6. The summed E-state index contributed by atoms with van der Waals surface area (Å²) >= 11 is 0. The van der Waals surface area contributed by atoms with E-state index in [9.17, 15) is 28.8 Å². The van der Waals surface area contributed by atoms with E-state index in [4.69, 9.17) is 9.47 Å². The van der Waals surface area contributed by atoms with E-state index in [2.05, 4.69) is 25.9 Å². The zero-order valence-corrected chi connectivity index (χ0v) is 35.7. The summed E-state index contributed by atoms with van der Waals surface area (Å²) in [6, 6.07) is 9.82. The number of fused-ring (bicyclic) bond motifs is 2. The number of rotatable bonds is 15. The van der Waals surface area contributed by atoms with Gasteiger partial charge in [-0.25, -0.2) is 4.98 Å². The van der Waals surface area contributed by atoms with Gasteiger partial charge in [0.1, 0.15) is 17.2 Å². The molecule has 3 aliphatic heterocycles. The minimum atomic E-state index is -3.60. The molecule has 4 heterocycles. The van der Waals surface area contributed by atoms with Gasteiger partial charge in [-0.05, 0) is 68.9 Å². The van der Waals surface area contributed by atoms with Crippen LogP contribution in [0.15, 0.2) is 42.6 Å². The molecule has 7 rings (SSSR count). The Kier molecular flexibility index (Phi) is 13.7. The molecule has 0 atom stereocenters. The summed E-state index contributed by atoms with van der Waals surface area (Å²) < 4.78 is 41.7. The molecule has 1 aliphatic carbocycles. The van der Waals surface area contributed by atoms with Crippen LogP contribution in [0.1, 0.15) is 97.4 Å². The van der Waals surface area contributed by atoms with Gasteiger partial charge in [0.05, 0.1) is 38.7 Å². The number of imide groups is 1. The van der Waals surface area contributed by atoms with Gasteiger partial charge < -0.3 is 39.7 Å². The van der Waals surface area contributed by atoms with Crippen molar-refractivity contribution < 1.29 is 47.0 Å². The Labute approximate surface area is 363 Å². The van der Waals surface area contributed by atoms with Crippen molar-refractivity contribution in [2.75, 3.05) is 62.1 Å². The standard InChI is InChI=1S/C44H53F2N9O8/c1-27(56)48-37(57)13-7-19-54-25-32-31(41(54)60)11-6-12-35(32)63-22-8-14-38(58)53-20-17-29(18-21-53)49-40(59)28-15-16-33(36(23-28)62-3)50-43-47-24-34-39(51-43)55(30-9-4-5-10-30)26-44(45,46)42(61)52(34)2/h6,11-12,15-16,23-24,29-30H,4-5,7-10,13-14,17-22,25-26H2,1-3H3,(H,49,59)(H,47,50,51)(H,48,56,57). The highest BCUT2D eigenvalue weighted by molar-refractivity contribution is 6.02. The Bertz CT molecular complexity index is 2250. The number of anilines is 4. The molecule has 63 heavy (non-hydrogen) atoms. The summed E-state index contributed by atoms with van der Waals surface area (Å²) in [6.45, 7) is 2.46. The molecule has 2 fully saturated rings. The first-order chi connectivity index (χ1) is 30.2. The predicted octanol–water partition coefficient (Wildman–Crippen LogP) is 4.57. The summed E-state index contributed by atoms with van der Waals surface area (Å²) in [5.74, 6) is -4.89. The van der Waals surface area contributed by atoms with Gasteiger partial charge in [-0.1, -0.05) is 18.9 Å². The maximum absolute atomic E-state index is 15.0. The smallest absolute Gasteiger partial charge is 0.342 e. The largest absolute Gasteiger partial charge is 0.495 e. The maximum atomic E-state index is 15.0. The third kappa shape index (κ3) is 10.3. The van der Waals surface area contributed by atoms with Crippen molar-refractivity contribution >= 4 is 58.6 Å². The third-order valence-corrected chi connectivity index (χ3v) is 12.0. The Balaban J connectivity index is 0.869. The van der Waals surface area contributed by atoms with Crippen LogP contribution in [0.4, 0.5) is 31.9 Å². The van der Waals surface area contributed by atoms with Gasteiger partial charge in [0, 0.05) is 75.2 Å². The number of nitrogens with zero attached hydrogens (tertiary/aromatic N) is 6. The van der Waals surface area contributed by atoms with Gasteiger partial charge in [-0.15, -0.1) is 0 Å². The normalized spacial score (nSPS) is 17.5. The Hall–Kier alpha value is -6.40. The second kappa shape index (κ2) is 19.3. The number of methoxy groups -OCH3 is 1. The molecule has 0 radical (unpaired) electrons. The van der Waals surface area contributed by atoms with Crippen LogP contribution in [0.3, 0.4) is 0 Å². The Morgan fingerprint density at radius 1 is 0.968 bits per heavy atom. The molecule has 0 unspecified atom stereocenters. The molecule has 1 saturated heterocycles. The number of likely N-dealkylation sites (tertiary alicyclic amines) is 1. The van der Waals surface area contributed by atoms with Crippen LogP contribution in [-0.2, 0) is 25.7 Å². The average molecular weight is 874 g/mol. The minimum absolute atomic E-state index is 0.00666. The number of hydrogen-bond acceptors (Lipinski definition) is 12. The van der Waals surface area contributed by atoms with Crippen LogP contribution in [0.25, 0.3) is 0 Å². The van der Waals surface area contributed by atoms with Crippen molar-refractivity contribution in [1.82, 2.24) is 30.4 Å². The van der Waals surface area contributed by atoms with E-state index in [-0.39, 0.29) is 72.6 Å². The summed E-state index contributed by atoms with van der Waals surface area (Å²) in [5, 5.41) is 8.39. The van der Waals surface area contributed by atoms with Crippen LogP contribution in [0.5, 0.6) is 11.5 Å². The van der Waals surface area contributed by atoms with Gasteiger partial charge >= 0.3 is 5.92 Å². The lowest BCUT2D eigenvalue weighted by atomic mass is 10.0. The van der Waals surface area contributed by atoms with E-state index >= 15 is 8.78 Å². The summed E-state index contributed by atoms with van der Waals surface area (Å²) in [6.07, 6.45) is 7.05. The fraction of sp³-hybridized carbons (Fsp3) is 0.500. The van der Waals surface area contributed by atoms with Gasteiger partial charge in [-0.3, -0.25) is 34.1 Å². The van der Waals surface area contributed by atoms with Gasteiger partial charge in [0.25, 0.3) is 17.7 Å². The number of benzene rings is 2. The number of aromatic nitrogens is 2. The van der Waals surface area contributed by atoms with Crippen LogP contribution in [-0.4, -0.2) is 120 Å². The number of hydrogen-bond donors (Lipinski definition) is 3. The first-order valence-electron chi connectivity index (χ1n) is 21.4. The summed E-state index contributed by atoms with van der Waals surface area (Å²) in [7, 11) is 2.76. The molecular weight excluding hydrogens is 821 g/mol. The number of halogens is 2. The highest BCUT2D eigenvalue weighted by Crippen LogP contribution is 2.40. The van der Waals surface area contributed by atoms with Crippen LogP contribution in [0.2, 0.25) is 0 Å². The third-order valence-electron chi connectivity index (χ3n) is 12.0. The number of ether oxygens (including phenoxy) is 2. The fourth-order valence-corrected chi connectivity index (χ4v) is 8.63. The molecule has 1 aromatic heterocycles. The maximum Gasteiger partial charge on any atom is 0.342 e. The molecule has 19 heteroatoms. The number of carbonyl (C=O) groups is 6. The van der Waals surface area contributed by atoms with Crippen molar-refractivity contribution in [2.24, 2.45) is 0 Å². The molecular formula is C44H53F2N9O8. The zero-order valence-electron chi connectivity index (χ0n) is 35.7. The van der Waals surface area contributed by atoms with Crippen LogP contribution in [0, 0.1) is 0 Å². The Morgan fingerprint density at radius 3 is 2.46 bits per heavy atom. The van der Waals surface area contributed by atoms with Gasteiger partial charge in [-0.2, -0.15) is 13.8 Å². The number of carbonyl (C=O) groups excluding carboxylic acids is 6. The molecule has 3 N–H and O–H groups in total. The van der Waals surface area contributed by atoms with Crippen molar-refractivity contribution in [3.8, 4) is 11.5 Å². The SMILES string of the molecule is COc1cc(C(=O)NC2CCN(C(=O)CCCOc3cccc4c3CN(CCCC(=O)NC(C)=O)C4=O)CC2)ccc1Nc1ncc2c(n1)N(C1CCCC1)CC(F)(F)C(=O)N2C. The fourth-order valence-electron chi connectivity index (χ4n) is 8.63. The number of piperidine rings is 1. The van der Waals surface area contributed by atoms with Gasteiger partial charge in [0.2, 0.25) is 23.7 Å². The van der Waals surface area contributed by atoms with Crippen molar-refractivity contribution in [3.05, 3.63) is 59.3 Å². The highest BCUT2D eigenvalue weighted by Gasteiger charge is 2.49. The molecule has 3 aromatic rings. The van der Waals surface area contributed by atoms with Crippen molar-refractivity contribution in [2.45, 2.75) is 95.7 Å². The zero-order chi connectivity index (χ0) is 44.8. The molecule has 17 nitrogen and oxygen atoms in total. The second-order valence-corrected chi connectivity index (χ2v) is 16.4. The van der Waals surface area contributed by atoms with E-state index in [1.807, 2.05) is 0 Å². The second-order valence-electron chi connectivity index (χ2n) is 16.4. The first-order valence-corrected chi connectivity index (χ1v) is 21.4. The molecule has 1 saturated carbocycles. The number of alkyl halides is 2. The molecule has 2 aromatic carbocycles.